The first-order valence-corrected chi connectivity index (χ1v) is 20.2. The number of aryl methyl sites for hydroxylation is 2. The van der Waals surface area contributed by atoms with Crippen molar-refractivity contribution >= 4 is 53.1 Å². The molecule has 8 aromatic carbocycles. The van der Waals surface area contributed by atoms with Crippen LogP contribution in [0.15, 0.2) is 152 Å². The van der Waals surface area contributed by atoms with Crippen LogP contribution < -0.4 is 0 Å². The molecule has 0 saturated carbocycles. The van der Waals surface area contributed by atoms with Crippen molar-refractivity contribution in [3.05, 3.63) is 191 Å². The minimum absolute atomic E-state index is 0.152. The van der Waals surface area contributed by atoms with Crippen LogP contribution >= 0.6 is 11.3 Å². The zero-order chi connectivity index (χ0) is 36.7. The third-order valence-electron chi connectivity index (χ3n) is 12.7. The standard InChI is InChI=1S/C53H44S/c1-32-21-22-33(2)38(27-32)29-45(37-24-26-51-47(28-37)42-17-10-11-20-50(42)54-51)34(3)36-23-25-44-48(30-36)53(4,5)49-31-46(41-16-8-9-18-43(41)52(44)49)40-19-12-14-35-13-6-7-15-39(35)40/h6-28,30-31,34,45H,29H2,1-5H3. The van der Waals surface area contributed by atoms with Crippen LogP contribution in [0.2, 0.25) is 0 Å². The van der Waals surface area contributed by atoms with E-state index in [0.717, 1.165) is 6.42 Å². The number of rotatable bonds is 6. The number of thiophene rings is 1. The lowest BCUT2D eigenvalue weighted by Gasteiger charge is -2.28. The molecule has 1 heteroatoms. The molecule has 0 N–H and O–H groups in total. The molecular formula is C53H44S. The van der Waals surface area contributed by atoms with Gasteiger partial charge in [0, 0.05) is 25.6 Å². The van der Waals surface area contributed by atoms with Gasteiger partial charge in [-0.15, -0.1) is 11.3 Å². The van der Waals surface area contributed by atoms with Crippen molar-refractivity contribution in [1.29, 1.82) is 0 Å². The van der Waals surface area contributed by atoms with Crippen molar-refractivity contribution in [2.24, 2.45) is 0 Å². The second-order valence-corrected chi connectivity index (χ2v) is 17.3. The van der Waals surface area contributed by atoms with Gasteiger partial charge in [-0.1, -0.05) is 154 Å². The Morgan fingerprint density at radius 2 is 1.22 bits per heavy atom. The Bertz CT molecular complexity index is 2930. The first-order valence-electron chi connectivity index (χ1n) is 19.4. The zero-order valence-electron chi connectivity index (χ0n) is 31.7. The van der Waals surface area contributed by atoms with Crippen molar-refractivity contribution < 1.29 is 0 Å². The Morgan fingerprint density at radius 1 is 0.519 bits per heavy atom. The molecule has 0 bridgehead atoms. The van der Waals surface area contributed by atoms with Crippen molar-refractivity contribution in [1.82, 2.24) is 0 Å². The van der Waals surface area contributed by atoms with Gasteiger partial charge < -0.3 is 0 Å². The Kier molecular flexibility index (Phi) is 7.69. The molecular weight excluding hydrogens is 669 g/mol. The van der Waals surface area contributed by atoms with Gasteiger partial charge >= 0.3 is 0 Å². The van der Waals surface area contributed by atoms with Crippen LogP contribution in [-0.4, -0.2) is 0 Å². The molecule has 2 atom stereocenters. The number of hydrogen-bond acceptors (Lipinski definition) is 1. The van der Waals surface area contributed by atoms with Crippen LogP contribution in [0.3, 0.4) is 0 Å². The van der Waals surface area contributed by atoms with Gasteiger partial charge in [-0.2, -0.15) is 0 Å². The summed E-state index contributed by atoms with van der Waals surface area (Å²) in [7, 11) is 0. The molecule has 9 aromatic rings. The maximum absolute atomic E-state index is 2.57. The number of fused-ring (bicyclic) bond motifs is 9. The second kappa shape index (κ2) is 12.5. The molecule has 0 amide bonds. The zero-order valence-corrected chi connectivity index (χ0v) is 32.5. The summed E-state index contributed by atoms with van der Waals surface area (Å²) in [6, 6.07) is 57.7. The molecule has 1 aliphatic rings. The van der Waals surface area contributed by atoms with Gasteiger partial charge in [0.25, 0.3) is 0 Å². The minimum atomic E-state index is -0.152. The molecule has 0 saturated heterocycles. The van der Waals surface area contributed by atoms with Gasteiger partial charge in [-0.25, -0.2) is 0 Å². The van der Waals surface area contributed by atoms with E-state index in [-0.39, 0.29) is 5.41 Å². The second-order valence-electron chi connectivity index (χ2n) is 16.2. The van der Waals surface area contributed by atoms with Crippen molar-refractivity contribution in [3.8, 4) is 22.3 Å². The van der Waals surface area contributed by atoms with E-state index in [0.29, 0.717) is 11.8 Å². The lowest BCUT2D eigenvalue weighted by atomic mass is 9.75. The molecule has 2 unspecified atom stereocenters. The average molecular weight is 713 g/mol. The molecule has 1 aliphatic carbocycles. The van der Waals surface area contributed by atoms with Crippen LogP contribution in [0.5, 0.6) is 0 Å². The highest BCUT2D eigenvalue weighted by Gasteiger charge is 2.38. The molecule has 54 heavy (non-hydrogen) atoms. The van der Waals surface area contributed by atoms with E-state index in [1.54, 1.807) is 0 Å². The smallest absolute Gasteiger partial charge is 0.0355 e. The topological polar surface area (TPSA) is 0 Å². The Balaban J connectivity index is 1.12. The average Bonchev–Trinajstić information content (AvgIpc) is 3.68. The van der Waals surface area contributed by atoms with Gasteiger partial charge in [0.1, 0.15) is 0 Å². The fraction of sp³-hybridized carbons (Fsp3) is 0.170. The van der Waals surface area contributed by atoms with E-state index in [2.05, 4.69) is 186 Å². The number of benzene rings is 8. The molecule has 0 radical (unpaired) electrons. The highest BCUT2D eigenvalue weighted by molar-refractivity contribution is 7.25. The minimum Gasteiger partial charge on any atom is -0.135 e. The number of hydrogen-bond donors (Lipinski definition) is 0. The van der Waals surface area contributed by atoms with E-state index in [1.807, 2.05) is 11.3 Å². The molecule has 262 valence electrons. The maximum Gasteiger partial charge on any atom is 0.0355 e. The summed E-state index contributed by atoms with van der Waals surface area (Å²) in [4.78, 5) is 0. The normalized spacial score (nSPS) is 14.5. The Morgan fingerprint density at radius 3 is 2.07 bits per heavy atom. The Hall–Kier alpha value is -5.50. The monoisotopic (exact) mass is 712 g/mol. The summed E-state index contributed by atoms with van der Waals surface area (Å²) in [5, 5.41) is 7.99. The van der Waals surface area contributed by atoms with Crippen LogP contribution in [0.25, 0.3) is 64.0 Å². The van der Waals surface area contributed by atoms with Crippen molar-refractivity contribution in [2.45, 2.75) is 58.3 Å². The summed E-state index contributed by atoms with van der Waals surface area (Å²) in [5.74, 6) is 0.623. The lowest BCUT2D eigenvalue weighted by molar-refractivity contribution is 0.569. The van der Waals surface area contributed by atoms with Gasteiger partial charge in [0.2, 0.25) is 0 Å². The predicted molar refractivity (Wildman–Crippen MR) is 235 cm³/mol. The van der Waals surface area contributed by atoms with Crippen LogP contribution in [0, 0.1) is 13.8 Å². The summed E-state index contributed by atoms with van der Waals surface area (Å²) in [6.45, 7) is 11.9. The molecule has 10 rings (SSSR count). The predicted octanol–water partition coefficient (Wildman–Crippen LogP) is 15.1. The third-order valence-corrected chi connectivity index (χ3v) is 13.8. The molecule has 1 heterocycles. The fourth-order valence-electron chi connectivity index (χ4n) is 9.61. The summed E-state index contributed by atoms with van der Waals surface area (Å²) >= 11 is 1.90. The maximum atomic E-state index is 2.57. The first kappa shape index (κ1) is 33.1. The SMILES string of the molecule is Cc1ccc(C)c(CC(c2ccc3sc4ccccc4c3c2)C(C)c2ccc3c(c2)C(C)(C)c2cc(-c4cccc5ccccc45)c4ccccc4c2-3)c1. The van der Waals surface area contributed by atoms with E-state index in [9.17, 15) is 0 Å². The van der Waals surface area contributed by atoms with Gasteiger partial charge in [0.15, 0.2) is 0 Å². The third kappa shape index (κ3) is 5.17. The largest absolute Gasteiger partial charge is 0.135 e. The molecule has 0 spiro atoms. The quantitative estimate of drug-likeness (QED) is 0.161. The summed E-state index contributed by atoms with van der Waals surface area (Å²) < 4.78 is 2.73. The summed E-state index contributed by atoms with van der Waals surface area (Å²) in [5.41, 5.74) is 15.1. The Labute approximate surface area is 322 Å². The molecule has 1 aromatic heterocycles. The first-order chi connectivity index (χ1) is 26.3. The van der Waals surface area contributed by atoms with Crippen LogP contribution in [0.4, 0.5) is 0 Å². The van der Waals surface area contributed by atoms with Gasteiger partial charge in [-0.3, -0.25) is 0 Å². The lowest BCUT2D eigenvalue weighted by Crippen LogP contribution is -2.17. The summed E-state index contributed by atoms with van der Waals surface area (Å²) in [6.07, 6.45) is 1.00. The fourth-order valence-corrected chi connectivity index (χ4v) is 10.7. The van der Waals surface area contributed by atoms with Crippen molar-refractivity contribution in [2.75, 3.05) is 0 Å². The van der Waals surface area contributed by atoms with Gasteiger partial charge in [-0.05, 0) is 134 Å². The molecule has 0 aliphatic heterocycles. The van der Waals surface area contributed by atoms with Crippen molar-refractivity contribution in [3.63, 3.8) is 0 Å². The molecule has 0 nitrogen and oxygen atoms in total. The highest BCUT2D eigenvalue weighted by Crippen LogP contribution is 2.54. The van der Waals surface area contributed by atoms with Gasteiger partial charge in [0.05, 0.1) is 0 Å². The van der Waals surface area contributed by atoms with E-state index in [1.165, 1.54) is 103 Å². The van der Waals surface area contributed by atoms with Crippen LogP contribution in [0.1, 0.15) is 71.6 Å². The van der Waals surface area contributed by atoms with E-state index < -0.39 is 0 Å². The van der Waals surface area contributed by atoms with E-state index in [4.69, 9.17) is 0 Å². The van der Waals surface area contributed by atoms with Crippen LogP contribution in [-0.2, 0) is 11.8 Å². The van der Waals surface area contributed by atoms with E-state index >= 15 is 0 Å². The highest BCUT2D eigenvalue weighted by atomic mass is 32.1. The molecule has 0 fully saturated rings.